The van der Waals surface area contributed by atoms with E-state index in [-0.39, 0.29) is 27.9 Å². The third-order valence-electron chi connectivity index (χ3n) is 11.9. The molecular formula is C45H63N4O9S2+. The smallest absolute Gasteiger partial charge is 0.407 e. The summed E-state index contributed by atoms with van der Waals surface area (Å²) >= 11 is 0. The maximum Gasteiger partial charge on any atom is 0.407 e. The number of benzene rings is 2. The van der Waals surface area contributed by atoms with Crippen LogP contribution in [0.15, 0.2) is 82.3 Å². The van der Waals surface area contributed by atoms with Crippen LogP contribution in [-0.2, 0) is 40.6 Å². The Morgan fingerprint density at radius 2 is 1.45 bits per heavy atom. The van der Waals surface area contributed by atoms with E-state index >= 15 is 0 Å². The SMILES string of the molecule is C[N+]1=C(C=CC=C2N(CCCCCC(=O)NCCCCCCNC(=O)OC3CC/C=C/CCC3)c3ccc(S(=O)(=O)O)cc3C2(C)C)C(C)(C)c2cc(S(=O)(=O)O)ccc21. The van der Waals surface area contributed by atoms with Gasteiger partial charge in [-0.3, -0.25) is 13.9 Å². The van der Waals surface area contributed by atoms with E-state index in [0.717, 1.165) is 111 Å². The molecule has 2 aromatic carbocycles. The van der Waals surface area contributed by atoms with Gasteiger partial charge < -0.3 is 20.3 Å². The van der Waals surface area contributed by atoms with E-state index in [9.17, 15) is 35.5 Å². The first-order chi connectivity index (χ1) is 28.3. The van der Waals surface area contributed by atoms with Crippen molar-refractivity contribution in [1.82, 2.24) is 10.6 Å². The van der Waals surface area contributed by atoms with Crippen molar-refractivity contribution < 1.29 is 44.8 Å². The molecule has 60 heavy (non-hydrogen) atoms. The Bertz CT molecular complexity index is 2240. The summed E-state index contributed by atoms with van der Waals surface area (Å²) in [5.41, 5.74) is 3.87. The lowest BCUT2D eigenvalue weighted by molar-refractivity contribution is -0.401. The number of hydrogen-bond donors (Lipinski definition) is 4. The fraction of sp³-hybridized carbons (Fsp3) is 0.533. The summed E-state index contributed by atoms with van der Waals surface area (Å²) in [4.78, 5) is 26.6. The fourth-order valence-corrected chi connectivity index (χ4v) is 9.55. The summed E-state index contributed by atoms with van der Waals surface area (Å²) in [6.07, 6.45) is 21.1. The van der Waals surface area contributed by atoms with Gasteiger partial charge in [0.05, 0.1) is 15.2 Å². The number of unbranched alkanes of at least 4 members (excludes halogenated alkanes) is 5. The van der Waals surface area contributed by atoms with E-state index in [2.05, 4.69) is 27.7 Å². The number of rotatable bonds is 18. The first-order valence-corrected chi connectivity index (χ1v) is 24.1. The Morgan fingerprint density at radius 3 is 2.15 bits per heavy atom. The summed E-state index contributed by atoms with van der Waals surface area (Å²) in [5.74, 6) is 0.0221. The minimum atomic E-state index is -4.42. The molecule has 328 valence electrons. The highest BCUT2D eigenvalue weighted by Crippen LogP contribution is 2.49. The van der Waals surface area contributed by atoms with Crippen molar-refractivity contribution in [3.8, 4) is 0 Å². The van der Waals surface area contributed by atoms with Gasteiger partial charge in [-0.2, -0.15) is 21.4 Å². The number of nitrogens with zero attached hydrogens (tertiary/aromatic N) is 2. The zero-order valence-electron chi connectivity index (χ0n) is 35.7. The molecule has 0 spiro atoms. The van der Waals surface area contributed by atoms with Crippen molar-refractivity contribution in [3.05, 3.63) is 83.6 Å². The van der Waals surface area contributed by atoms with Crippen LogP contribution in [0.1, 0.15) is 122 Å². The molecule has 4 N–H and O–H groups in total. The number of nitrogens with one attached hydrogen (secondary N) is 2. The molecule has 2 amide bonds. The van der Waals surface area contributed by atoms with Crippen LogP contribution in [0.5, 0.6) is 0 Å². The number of alkyl carbamates (subject to hydrolysis) is 1. The second kappa shape index (κ2) is 20.0. The van der Waals surface area contributed by atoms with Crippen molar-refractivity contribution in [2.75, 3.05) is 31.6 Å². The normalized spacial score (nSPS) is 19.8. The molecule has 13 nitrogen and oxygen atoms in total. The van der Waals surface area contributed by atoms with Crippen molar-refractivity contribution >= 4 is 49.3 Å². The lowest BCUT2D eigenvalue weighted by Crippen LogP contribution is -2.30. The summed E-state index contributed by atoms with van der Waals surface area (Å²) in [7, 11) is -6.89. The van der Waals surface area contributed by atoms with Gasteiger partial charge >= 0.3 is 6.09 Å². The van der Waals surface area contributed by atoms with E-state index in [4.69, 9.17) is 4.74 Å². The van der Waals surface area contributed by atoms with E-state index in [1.807, 2.05) is 57.5 Å². The maximum atomic E-state index is 12.6. The van der Waals surface area contributed by atoms with Crippen LogP contribution in [0.3, 0.4) is 0 Å². The van der Waals surface area contributed by atoms with Gasteiger partial charge in [0.25, 0.3) is 20.2 Å². The fourth-order valence-electron chi connectivity index (χ4n) is 8.54. The summed E-state index contributed by atoms with van der Waals surface area (Å²) in [6.45, 7) is 9.83. The number of anilines is 1. The third kappa shape index (κ3) is 11.7. The predicted molar refractivity (Wildman–Crippen MR) is 234 cm³/mol. The van der Waals surface area contributed by atoms with Crippen LogP contribution < -0.4 is 15.5 Å². The van der Waals surface area contributed by atoms with Gasteiger partial charge in [0, 0.05) is 60.6 Å². The maximum absolute atomic E-state index is 12.6. The Kier molecular flexibility index (Phi) is 15.6. The Morgan fingerprint density at radius 1 is 0.817 bits per heavy atom. The highest BCUT2D eigenvalue weighted by atomic mass is 32.2. The molecule has 0 aromatic heterocycles. The lowest BCUT2D eigenvalue weighted by Gasteiger charge is -2.27. The Hall–Kier alpha value is -4.31. The number of carbonyl (C=O) groups is 2. The van der Waals surface area contributed by atoms with E-state index in [0.29, 0.717) is 26.1 Å². The molecule has 2 aromatic rings. The van der Waals surface area contributed by atoms with Gasteiger partial charge in [-0.05, 0) is 114 Å². The average molecular weight is 868 g/mol. The van der Waals surface area contributed by atoms with E-state index in [1.54, 1.807) is 12.1 Å². The highest BCUT2D eigenvalue weighted by Gasteiger charge is 2.44. The van der Waals surface area contributed by atoms with Gasteiger partial charge in [-0.15, -0.1) is 0 Å². The predicted octanol–water partition coefficient (Wildman–Crippen LogP) is 8.28. The molecule has 0 radical (unpaired) electrons. The number of carbonyl (C=O) groups excluding carboxylic acids is 2. The number of ether oxygens (including phenoxy) is 1. The monoisotopic (exact) mass is 867 g/mol. The number of allylic oxidation sites excluding steroid dienone is 6. The van der Waals surface area contributed by atoms with E-state index < -0.39 is 31.1 Å². The van der Waals surface area contributed by atoms with Crippen LogP contribution in [-0.4, -0.2) is 81.0 Å². The summed E-state index contributed by atoms with van der Waals surface area (Å²) < 4.78 is 75.2. The Balaban J connectivity index is 1.11. The topological polar surface area (TPSA) is 182 Å². The highest BCUT2D eigenvalue weighted by molar-refractivity contribution is 7.86. The molecular weight excluding hydrogens is 805 g/mol. The molecule has 2 aliphatic heterocycles. The molecule has 1 aliphatic carbocycles. The summed E-state index contributed by atoms with van der Waals surface area (Å²) in [5, 5.41) is 5.89. The molecule has 1 atom stereocenters. The molecule has 0 saturated heterocycles. The van der Waals surface area contributed by atoms with Gasteiger partial charge in [-0.25, -0.2) is 4.79 Å². The minimum Gasteiger partial charge on any atom is -0.446 e. The van der Waals surface area contributed by atoms with Crippen LogP contribution >= 0.6 is 0 Å². The molecule has 5 rings (SSSR count). The third-order valence-corrected chi connectivity index (χ3v) is 13.6. The summed E-state index contributed by atoms with van der Waals surface area (Å²) in [6, 6.07) is 9.27. The largest absolute Gasteiger partial charge is 0.446 e. The van der Waals surface area contributed by atoms with Crippen molar-refractivity contribution in [2.24, 2.45) is 0 Å². The van der Waals surface area contributed by atoms with Gasteiger partial charge in [0.15, 0.2) is 5.71 Å². The quantitative estimate of drug-likeness (QED) is 0.0493. The minimum absolute atomic E-state index is 0.0141. The van der Waals surface area contributed by atoms with Gasteiger partial charge in [-0.1, -0.05) is 51.3 Å². The van der Waals surface area contributed by atoms with Crippen LogP contribution in [0.4, 0.5) is 16.2 Å². The zero-order chi connectivity index (χ0) is 43.7. The lowest BCUT2D eigenvalue weighted by atomic mass is 9.81. The second-order valence-corrected chi connectivity index (χ2v) is 19.9. The Labute approximate surface area is 356 Å². The average Bonchev–Trinajstić information content (AvgIpc) is 3.49. The van der Waals surface area contributed by atoms with Crippen molar-refractivity contribution in [3.63, 3.8) is 0 Å². The molecule has 0 bridgehead atoms. The number of amides is 2. The molecule has 3 aliphatic rings. The van der Waals surface area contributed by atoms with Crippen molar-refractivity contribution in [1.29, 1.82) is 0 Å². The van der Waals surface area contributed by atoms with Crippen LogP contribution in [0.2, 0.25) is 0 Å². The first kappa shape index (κ1) is 46.8. The first-order valence-electron chi connectivity index (χ1n) is 21.2. The molecule has 0 fully saturated rings. The second-order valence-electron chi connectivity index (χ2n) is 17.1. The molecule has 2 heterocycles. The van der Waals surface area contributed by atoms with Crippen molar-refractivity contribution in [2.45, 2.75) is 138 Å². The molecule has 0 saturated carbocycles. The zero-order valence-corrected chi connectivity index (χ0v) is 37.3. The van der Waals surface area contributed by atoms with E-state index in [1.165, 1.54) is 24.3 Å². The van der Waals surface area contributed by atoms with Crippen LogP contribution in [0, 0.1) is 0 Å². The number of hydrogen-bond acceptors (Lipinski definition) is 8. The standard InChI is InChI=1S/C45H62N4O9S2/c1-44(2)36-31-34(59(52,53)54)24-26-38(36)48(5)40(44)21-18-22-41-45(3,4)37-32-35(60(55,56)57)25-27-39(37)49(41)30-17-11-14-23-42(50)46-28-15-9-10-16-29-47-43(51)58-33-19-12-7-6-8-13-20-33/h6-7,18,21-22,24-27,31-33H,8-17,19-20,23,28-30H2,1-5H3,(H3-,46,47,50,51,52,53,54,55,56,57)/p+1/b7-6+. The number of fused-ring (bicyclic) bond motifs is 2. The van der Waals surface area contributed by atoms with Gasteiger partial charge in [0.2, 0.25) is 11.6 Å². The van der Waals surface area contributed by atoms with Crippen LogP contribution in [0.25, 0.3) is 0 Å². The molecule has 15 heteroatoms. The van der Waals surface area contributed by atoms with Gasteiger partial charge in [0.1, 0.15) is 13.2 Å². The molecule has 1 unspecified atom stereocenters.